The Kier molecular flexibility index (Phi) is 5.25. The lowest BCUT2D eigenvalue weighted by Crippen LogP contribution is -2.42. The minimum atomic E-state index is -0.511. The molecule has 2 aromatic rings. The van der Waals surface area contributed by atoms with Crippen LogP contribution in [0, 0.1) is 0 Å². The molecular formula is C14H19N5O. The third-order valence-electron chi connectivity index (χ3n) is 2.99. The Hall–Kier alpha value is -2.21. The van der Waals surface area contributed by atoms with E-state index in [4.69, 9.17) is 5.73 Å². The van der Waals surface area contributed by atoms with Crippen LogP contribution in [0.25, 0.3) is 0 Å². The summed E-state index contributed by atoms with van der Waals surface area (Å²) in [6.45, 7) is 0.585. The molecule has 4 N–H and O–H groups in total. The van der Waals surface area contributed by atoms with E-state index in [9.17, 15) is 4.79 Å². The summed E-state index contributed by atoms with van der Waals surface area (Å²) >= 11 is 0. The van der Waals surface area contributed by atoms with E-state index in [0.717, 1.165) is 24.2 Å². The average Bonchev–Trinajstić information content (AvgIpc) is 2.97. The molecule has 0 aliphatic carbocycles. The Bertz CT molecular complexity index is 512. The fourth-order valence-corrected chi connectivity index (χ4v) is 1.91. The van der Waals surface area contributed by atoms with E-state index in [1.165, 1.54) is 6.33 Å². The van der Waals surface area contributed by atoms with Crippen LogP contribution in [0.1, 0.15) is 17.8 Å². The zero-order valence-corrected chi connectivity index (χ0v) is 11.2. The number of nitrogens with zero attached hydrogens (tertiary/aromatic N) is 2. The van der Waals surface area contributed by atoms with Crippen molar-refractivity contribution < 1.29 is 4.79 Å². The highest BCUT2D eigenvalue weighted by molar-refractivity contribution is 5.81. The van der Waals surface area contributed by atoms with Crippen LogP contribution in [0.5, 0.6) is 0 Å². The predicted octanol–water partition coefficient (Wildman–Crippen LogP) is 0.424. The zero-order valence-electron chi connectivity index (χ0n) is 11.2. The number of hydrogen-bond acceptors (Lipinski definition) is 4. The molecule has 6 heteroatoms. The van der Waals surface area contributed by atoms with Crippen LogP contribution in [0.4, 0.5) is 0 Å². The van der Waals surface area contributed by atoms with E-state index in [0.29, 0.717) is 13.0 Å². The van der Waals surface area contributed by atoms with Gasteiger partial charge in [0.1, 0.15) is 12.2 Å². The van der Waals surface area contributed by atoms with Gasteiger partial charge in [-0.3, -0.25) is 9.89 Å². The maximum atomic E-state index is 11.8. The van der Waals surface area contributed by atoms with Crippen molar-refractivity contribution in [1.82, 2.24) is 20.5 Å². The number of benzene rings is 1. The second-order valence-corrected chi connectivity index (χ2v) is 4.62. The van der Waals surface area contributed by atoms with Crippen molar-refractivity contribution in [3.8, 4) is 0 Å². The highest BCUT2D eigenvalue weighted by Crippen LogP contribution is 2.02. The largest absolute Gasteiger partial charge is 0.355 e. The summed E-state index contributed by atoms with van der Waals surface area (Å²) in [4.78, 5) is 15.9. The first-order valence-electron chi connectivity index (χ1n) is 6.67. The first-order valence-corrected chi connectivity index (χ1v) is 6.67. The molecule has 6 nitrogen and oxygen atoms in total. The van der Waals surface area contributed by atoms with Gasteiger partial charge in [0.25, 0.3) is 0 Å². The van der Waals surface area contributed by atoms with Crippen molar-refractivity contribution in [1.29, 1.82) is 0 Å². The third-order valence-corrected chi connectivity index (χ3v) is 2.99. The molecule has 1 aromatic heterocycles. The molecule has 1 aromatic carbocycles. The minimum Gasteiger partial charge on any atom is -0.355 e. The molecule has 0 fully saturated rings. The van der Waals surface area contributed by atoms with Gasteiger partial charge < -0.3 is 11.1 Å². The van der Waals surface area contributed by atoms with Gasteiger partial charge in [-0.15, -0.1) is 0 Å². The summed E-state index contributed by atoms with van der Waals surface area (Å²) < 4.78 is 0. The van der Waals surface area contributed by atoms with Gasteiger partial charge in [-0.25, -0.2) is 4.98 Å². The zero-order chi connectivity index (χ0) is 14.2. The molecule has 0 spiro atoms. The van der Waals surface area contributed by atoms with Crippen LogP contribution in [0.3, 0.4) is 0 Å². The number of rotatable bonds is 7. The Morgan fingerprint density at radius 1 is 1.35 bits per heavy atom. The molecule has 106 valence electrons. The molecule has 2 rings (SSSR count). The molecule has 20 heavy (non-hydrogen) atoms. The quantitative estimate of drug-likeness (QED) is 0.637. The van der Waals surface area contributed by atoms with E-state index in [1.54, 1.807) is 0 Å². The van der Waals surface area contributed by atoms with Crippen molar-refractivity contribution >= 4 is 5.91 Å². The number of amides is 1. The summed E-state index contributed by atoms with van der Waals surface area (Å²) in [5, 5.41) is 9.39. The van der Waals surface area contributed by atoms with Crippen LogP contribution in [0.15, 0.2) is 36.7 Å². The van der Waals surface area contributed by atoms with Gasteiger partial charge in [-0.2, -0.15) is 5.10 Å². The van der Waals surface area contributed by atoms with Crippen molar-refractivity contribution in [2.75, 3.05) is 6.54 Å². The Balaban J connectivity index is 1.66. The maximum absolute atomic E-state index is 11.8. The Morgan fingerprint density at radius 3 is 2.85 bits per heavy atom. The minimum absolute atomic E-state index is 0.119. The number of carbonyl (C=O) groups excluding carboxylic acids is 1. The van der Waals surface area contributed by atoms with E-state index in [2.05, 4.69) is 20.5 Å². The van der Waals surface area contributed by atoms with Crippen molar-refractivity contribution in [3.63, 3.8) is 0 Å². The molecule has 0 radical (unpaired) electrons. The van der Waals surface area contributed by atoms with Gasteiger partial charge in [0.2, 0.25) is 5.91 Å². The molecule has 0 aliphatic rings. The summed E-state index contributed by atoms with van der Waals surface area (Å²) in [5.74, 6) is 0.708. The third kappa shape index (κ3) is 4.47. The van der Waals surface area contributed by atoms with Crippen LogP contribution >= 0.6 is 0 Å². The predicted molar refractivity (Wildman–Crippen MR) is 75.8 cm³/mol. The lowest BCUT2D eigenvalue weighted by Gasteiger charge is -2.12. The smallest absolute Gasteiger partial charge is 0.237 e. The standard InChI is InChI=1S/C14H19N5O/c15-12(9-11-5-2-1-3-6-11)14(20)16-8-4-7-13-17-10-18-19-13/h1-3,5-6,10,12H,4,7-9,15H2,(H,16,20)(H,17,18,19)/t12-/m1/s1. The molecule has 0 saturated heterocycles. The van der Waals surface area contributed by atoms with Crippen LogP contribution in [-0.4, -0.2) is 33.7 Å². The SMILES string of the molecule is N[C@H](Cc1ccccc1)C(=O)NCCCc1ncn[nH]1. The lowest BCUT2D eigenvalue weighted by molar-refractivity contribution is -0.122. The Labute approximate surface area is 117 Å². The number of carbonyl (C=O) groups is 1. The topological polar surface area (TPSA) is 96.7 Å². The van der Waals surface area contributed by atoms with Gasteiger partial charge in [0, 0.05) is 13.0 Å². The van der Waals surface area contributed by atoms with E-state index in [1.807, 2.05) is 30.3 Å². The number of nitrogens with one attached hydrogen (secondary N) is 2. The monoisotopic (exact) mass is 273 g/mol. The number of aromatic amines is 1. The number of aromatic nitrogens is 3. The highest BCUT2D eigenvalue weighted by atomic mass is 16.2. The van der Waals surface area contributed by atoms with Gasteiger partial charge in [-0.05, 0) is 18.4 Å². The highest BCUT2D eigenvalue weighted by Gasteiger charge is 2.13. The number of aryl methyl sites for hydroxylation is 1. The van der Waals surface area contributed by atoms with Crippen molar-refractivity contribution in [2.24, 2.45) is 5.73 Å². The Morgan fingerprint density at radius 2 is 2.15 bits per heavy atom. The number of nitrogens with two attached hydrogens (primary N) is 1. The molecule has 0 bridgehead atoms. The normalized spacial score (nSPS) is 12.1. The first-order chi connectivity index (χ1) is 9.75. The van der Waals surface area contributed by atoms with Crippen molar-refractivity contribution in [3.05, 3.63) is 48.0 Å². The number of hydrogen-bond donors (Lipinski definition) is 3. The number of H-pyrrole nitrogens is 1. The van der Waals surface area contributed by atoms with E-state index < -0.39 is 6.04 Å². The van der Waals surface area contributed by atoms with Crippen LogP contribution < -0.4 is 11.1 Å². The lowest BCUT2D eigenvalue weighted by atomic mass is 10.1. The maximum Gasteiger partial charge on any atom is 0.237 e. The summed E-state index contributed by atoms with van der Waals surface area (Å²) in [5.41, 5.74) is 6.95. The first kappa shape index (κ1) is 14.2. The molecular weight excluding hydrogens is 254 g/mol. The summed E-state index contributed by atoms with van der Waals surface area (Å²) in [6, 6.07) is 9.25. The van der Waals surface area contributed by atoms with Gasteiger partial charge >= 0.3 is 0 Å². The van der Waals surface area contributed by atoms with E-state index in [-0.39, 0.29) is 5.91 Å². The molecule has 1 atom stereocenters. The van der Waals surface area contributed by atoms with Crippen molar-refractivity contribution in [2.45, 2.75) is 25.3 Å². The second kappa shape index (κ2) is 7.40. The molecule has 1 heterocycles. The fraction of sp³-hybridized carbons (Fsp3) is 0.357. The van der Waals surface area contributed by atoms with Crippen LogP contribution in [-0.2, 0) is 17.6 Å². The van der Waals surface area contributed by atoms with E-state index >= 15 is 0 Å². The van der Waals surface area contributed by atoms with Gasteiger partial charge in [0.05, 0.1) is 6.04 Å². The van der Waals surface area contributed by atoms with Gasteiger partial charge in [-0.1, -0.05) is 30.3 Å². The molecule has 0 saturated carbocycles. The summed E-state index contributed by atoms with van der Waals surface area (Å²) in [7, 11) is 0. The molecule has 1 amide bonds. The van der Waals surface area contributed by atoms with Crippen LogP contribution in [0.2, 0.25) is 0 Å². The fourth-order valence-electron chi connectivity index (χ4n) is 1.91. The average molecular weight is 273 g/mol. The molecule has 0 aliphatic heterocycles. The summed E-state index contributed by atoms with van der Waals surface area (Å²) in [6.07, 6.45) is 3.59. The molecule has 0 unspecified atom stereocenters. The second-order valence-electron chi connectivity index (χ2n) is 4.62. The van der Waals surface area contributed by atoms with Gasteiger partial charge in [0.15, 0.2) is 0 Å².